The van der Waals surface area contributed by atoms with Crippen LogP contribution in [0.2, 0.25) is 0 Å². The van der Waals surface area contributed by atoms with Crippen LogP contribution in [0, 0.1) is 0 Å². The number of amides is 2. The summed E-state index contributed by atoms with van der Waals surface area (Å²) in [5.74, 6) is 0.373. The zero-order valence-electron chi connectivity index (χ0n) is 40.8. The number of unbranched alkanes of at least 4 members (excludes halogenated alkanes) is 18. The summed E-state index contributed by atoms with van der Waals surface area (Å²) in [6.07, 6.45) is 23.9. The Hall–Kier alpha value is -5.06. The predicted molar refractivity (Wildman–Crippen MR) is 275 cm³/mol. The summed E-state index contributed by atoms with van der Waals surface area (Å²) in [4.78, 5) is 26.9. The number of aromatic amines is 1. The van der Waals surface area contributed by atoms with Gasteiger partial charge in [-0.05, 0) is 54.7 Å². The molecular formula is C52H76N8O6S2. The van der Waals surface area contributed by atoms with Crippen LogP contribution < -0.4 is 28.4 Å². The van der Waals surface area contributed by atoms with E-state index in [0.29, 0.717) is 30.2 Å². The fourth-order valence-electron chi connectivity index (χ4n) is 7.98. The maximum Gasteiger partial charge on any atom is 0.316 e. The van der Waals surface area contributed by atoms with Gasteiger partial charge in [-0.25, -0.2) is 4.52 Å². The number of benzene rings is 3. The number of H-pyrrole nitrogens is 1. The van der Waals surface area contributed by atoms with E-state index >= 15 is 0 Å². The number of nitrogens with zero attached hydrogens (tertiary/aromatic N) is 3. The van der Waals surface area contributed by atoms with Crippen molar-refractivity contribution >= 4 is 45.7 Å². The van der Waals surface area contributed by atoms with Gasteiger partial charge < -0.3 is 19.0 Å². The molecule has 2 aromatic heterocycles. The number of hydrogen-bond donors (Lipinski definition) is 5. The normalized spacial score (nSPS) is 12.8. The Balaban J connectivity index is 1.18. The third kappa shape index (κ3) is 18.8. The highest BCUT2D eigenvalue weighted by Gasteiger charge is 2.25. The van der Waals surface area contributed by atoms with Gasteiger partial charge in [0.2, 0.25) is 0 Å². The minimum absolute atomic E-state index is 0.0846. The molecule has 0 spiro atoms. The highest BCUT2D eigenvalue weighted by molar-refractivity contribution is 7.82. The summed E-state index contributed by atoms with van der Waals surface area (Å²) in [5, 5.41) is 18.1. The lowest BCUT2D eigenvalue weighted by Crippen LogP contribution is -2.29. The molecule has 3 unspecified atom stereocenters. The summed E-state index contributed by atoms with van der Waals surface area (Å²) in [5.41, 5.74) is 3.24. The van der Waals surface area contributed by atoms with Crippen molar-refractivity contribution in [3.8, 4) is 11.5 Å². The lowest BCUT2D eigenvalue weighted by molar-refractivity contribution is 0.0952. The zero-order valence-corrected chi connectivity index (χ0v) is 42.5. The number of nitrogens with one attached hydrogen (secondary N) is 5. The van der Waals surface area contributed by atoms with Crippen molar-refractivity contribution in [2.45, 2.75) is 168 Å². The number of anilines is 1. The summed E-state index contributed by atoms with van der Waals surface area (Å²) in [6, 6.07) is 21.8. The summed E-state index contributed by atoms with van der Waals surface area (Å²) < 4.78 is 46.3. The Bertz CT molecular complexity index is 2250. The molecule has 0 aliphatic heterocycles. The van der Waals surface area contributed by atoms with Crippen LogP contribution in [0.3, 0.4) is 0 Å². The molecule has 5 aromatic rings. The van der Waals surface area contributed by atoms with Crippen LogP contribution in [0.15, 0.2) is 78.9 Å². The van der Waals surface area contributed by atoms with E-state index in [1.165, 1.54) is 108 Å². The molecule has 14 nitrogen and oxygen atoms in total. The van der Waals surface area contributed by atoms with Gasteiger partial charge in [0.15, 0.2) is 11.5 Å². The van der Waals surface area contributed by atoms with Crippen LogP contribution in [-0.2, 0) is 22.5 Å². The molecule has 2 heterocycles. The molecule has 2 amide bonds. The maximum atomic E-state index is 13.6. The molecule has 0 aliphatic rings. The highest BCUT2D eigenvalue weighted by Crippen LogP contribution is 2.26. The largest absolute Gasteiger partial charge is 0.389 e. The lowest BCUT2D eigenvalue weighted by Gasteiger charge is -2.17. The molecule has 372 valence electrons. The van der Waals surface area contributed by atoms with Crippen molar-refractivity contribution in [2.75, 3.05) is 17.8 Å². The lowest BCUT2D eigenvalue weighted by atomic mass is 10.1. The second kappa shape index (κ2) is 30.4. The fraction of sp³-hybridized carbons (Fsp3) is 0.538. The van der Waals surface area contributed by atoms with E-state index in [2.05, 4.69) is 63.1 Å². The Morgan fingerprint density at radius 2 is 1.13 bits per heavy atom. The van der Waals surface area contributed by atoms with Crippen molar-refractivity contribution in [1.82, 2.24) is 35.2 Å². The van der Waals surface area contributed by atoms with Crippen LogP contribution in [0.1, 0.15) is 206 Å². The SMILES string of the molecule is CCCCCCCCCCCCNC(=O)c1cc(OS(=O)Nc2cccc(OS(=O)NC(c3ccccc3)c3nnc4cc(C(C)C)[nH]n34)c2)cc(C(=O)NCCCCCCCCCCCC)c1. The first-order chi connectivity index (χ1) is 33.1. The molecule has 0 radical (unpaired) electrons. The smallest absolute Gasteiger partial charge is 0.316 e. The first-order valence-electron chi connectivity index (χ1n) is 25.2. The van der Waals surface area contributed by atoms with E-state index < -0.39 is 28.6 Å². The second-order valence-electron chi connectivity index (χ2n) is 18.0. The van der Waals surface area contributed by atoms with Crippen LogP contribution in [0.4, 0.5) is 5.69 Å². The Kier molecular flexibility index (Phi) is 24.1. The van der Waals surface area contributed by atoms with Crippen LogP contribution >= 0.6 is 0 Å². The van der Waals surface area contributed by atoms with E-state index in [1.807, 2.05) is 36.4 Å². The Morgan fingerprint density at radius 3 is 1.68 bits per heavy atom. The molecule has 3 atom stereocenters. The standard InChI is InChI=1S/C52H76N8O6S2/c1-5-7-9-11-13-15-17-19-21-26-33-53-51(61)42-35-43(52(62)54-34-27-22-20-18-16-14-12-10-8-6-2)37-46(36-42)66-67(63)58-44-31-28-32-45(38-44)65-68(64)59-49(41-29-24-23-25-30-41)50-56-55-48-39-47(40(3)4)57-60(48)50/h23-25,28-32,35-40,49,57-59H,5-22,26-27,33-34H2,1-4H3,(H,53,61)(H,54,62). The Morgan fingerprint density at radius 1 is 0.603 bits per heavy atom. The van der Waals surface area contributed by atoms with Crippen molar-refractivity contribution in [3.05, 3.63) is 107 Å². The van der Waals surface area contributed by atoms with Crippen molar-refractivity contribution in [3.63, 3.8) is 0 Å². The van der Waals surface area contributed by atoms with Gasteiger partial charge in [0.1, 0.15) is 17.5 Å². The number of carbonyl (C=O) groups excluding carboxylic acids is 2. The predicted octanol–water partition coefficient (Wildman–Crippen LogP) is 11.9. The monoisotopic (exact) mass is 973 g/mol. The van der Waals surface area contributed by atoms with E-state index in [9.17, 15) is 18.0 Å². The maximum absolute atomic E-state index is 13.6. The molecule has 5 N–H and O–H groups in total. The van der Waals surface area contributed by atoms with Crippen LogP contribution in [0.25, 0.3) is 5.65 Å². The first kappa shape index (κ1) is 53.9. The van der Waals surface area contributed by atoms with Gasteiger partial charge in [0, 0.05) is 42.0 Å². The minimum atomic E-state index is -2.17. The minimum Gasteiger partial charge on any atom is -0.389 e. The summed E-state index contributed by atoms with van der Waals surface area (Å²) in [6.45, 7) is 9.64. The van der Waals surface area contributed by atoms with Crippen LogP contribution in [-0.4, -0.2) is 53.1 Å². The molecule has 68 heavy (non-hydrogen) atoms. The highest BCUT2D eigenvalue weighted by atomic mass is 32.2. The van der Waals surface area contributed by atoms with Gasteiger partial charge in [0.25, 0.3) is 23.1 Å². The molecule has 0 saturated carbocycles. The zero-order chi connectivity index (χ0) is 48.4. The van der Waals surface area contributed by atoms with Gasteiger partial charge in [-0.2, -0.15) is 13.1 Å². The molecule has 3 aromatic carbocycles. The average molecular weight is 973 g/mol. The van der Waals surface area contributed by atoms with Crippen molar-refractivity contribution in [1.29, 1.82) is 0 Å². The third-order valence-corrected chi connectivity index (χ3v) is 13.4. The van der Waals surface area contributed by atoms with E-state index in [1.54, 1.807) is 28.8 Å². The summed E-state index contributed by atoms with van der Waals surface area (Å²) >= 11 is -4.23. The van der Waals surface area contributed by atoms with E-state index in [4.69, 9.17) is 8.37 Å². The molecule has 0 bridgehead atoms. The van der Waals surface area contributed by atoms with Crippen molar-refractivity contribution in [2.24, 2.45) is 0 Å². The molecule has 0 aliphatic carbocycles. The molecule has 0 fully saturated rings. The number of aromatic nitrogens is 4. The topological polar surface area (TPSA) is 181 Å². The third-order valence-electron chi connectivity index (χ3n) is 11.9. The average Bonchev–Trinajstić information content (AvgIpc) is 3.94. The Labute approximate surface area is 409 Å². The fourth-order valence-corrected chi connectivity index (χ4v) is 9.37. The van der Waals surface area contributed by atoms with Crippen LogP contribution in [0.5, 0.6) is 11.5 Å². The number of rotatable bonds is 35. The molecular weight excluding hydrogens is 897 g/mol. The van der Waals surface area contributed by atoms with Crippen molar-refractivity contribution < 1.29 is 26.4 Å². The number of carbonyl (C=O) groups is 2. The van der Waals surface area contributed by atoms with E-state index in [0.717, 1.165) is 49.8 Å². The number of fused-ring (bicyclic) bond motifs is 1. The first-order valence-corrected chi connectivity index (χ1v) is 27.3. The molecule has 5 rings (SSSR count). The van der Waals surface area contributed by atoms with E-state index in [-0.39, 0.29) is 40.4 Å². The number of hydrogen-bond acceptors (Lipinski definition) is 8. The van der Waals surface area contributed by atoms with Gasteiger partial charge in [0.05, 0.1) is 5.69 Å². The van der Waals surface area contributed by atoms with Gasteiger partial charge in [-0.3, -0.25) is 19.4 Å². The quantitative estimate of drug-likeness (QED) is 0.0249. The van der Waals surface area contributed by atoms with Gasteiger partial charge >= 0.3 is 11.3 Å². The van der Waals surface area contributed by atoms with Gasteiger partial charge in [-0.15, -0.1) is 10.2 Å². The molecule has 0 saturated heterocycles. The summed E-state index contributed by atoms with van der Waals surface area (Å²) in [7, 11) is 0. The molecule has 16 heteroatoms. The van der Waals surface area contributed by atoms with Gasteiger partial charge in [-0.1, -0.05) is 180 Å². The second-order valence-corrected chi connectivity index (χ2v) is 19.7.